The van der Waals surface area contributed by atoms with Gasteiger partial charge in [0.15, 0.2) is 29.1 Å². The average molecular weight is 1780 g/mol. The van der Waals surface area contributed by atoms with Gasteiger partial charge in [-0.25, -0.2) is 34.9 Å². The van der Waals surface area contributed by atoms with Crippen molar-refractivity contribution in [1.82, 2.24) is 85.9 Å². The molecule has 0 saturated heterocycles. The number of aryl methyl sites for hydroxylation is 2. The van der Waals surface area contributed by atoms with Gasteiger partial charge in [-0.2, -0.15) is 25.5 Å². The van der Waals surface area contributed by atoms with E-state index in [4.69, 9.17) is 9.72 Å². The van der Waals surface area contributed by atoms with Crippen LogP contribution in [0, 0.1) is 13.8 Å². The molecule has 0 aliphatic heterocycles. The Morgan fingerprint density at radius 1 is 0.419 bits per heavy atom. The third kappa shape index (κ3) is 22.7. The van der Waals surface area contributed by atoms with Gasteiger partial charge in [0.2, 0.25) is 5.91 Å². The first kappa shape index (κ1) is 82.9. The van der Waals surface area contributed by atoms with Gasteiger partial charge in [-0.3, -0.25) is 30.3 Å². The number of ether oxygens (including phenoxy) is 1. The lowest BCUT2D eigenvalue weighted by molar-refractivity contribution is -0.114. The van der Waals surface area contributed by atoms with Crippen molar-refractivity contribution in [2.75, 3.05) is 39.0 Å². The fourth-order valence-electron chi connectivity index (χ4n) is 12.6. The molecule has 1 fully saturated rings. The van der Waals surface area contributed by atoms with Gasteiger partial charge in [0.1, 0.15) is 37.5 Å². The van der Waals surface area contributed by atoms with Crippen LogP contribution in [0.3, 0.4) is 0 Å². The number of thiophene rings is 1. The Balaban J connectivity index is 0.000000110. The summed E-state index contributed by atoms with van der Waals surface area (Å²) in [6.45, 7) is 5.41. The highest BCUT2D eigenvalue weighted by Crippen LogP contribution is 2.41. The summed E-state index contributed by atoms with van der Waals surface area (Å²) in [5.74, 6) is 7.93. The van der Waals surface area contributed by atoms with E-state index in [0.29, 0.717) is 5.92 Å². The van der Waals surface area contributed by atoms with Gasteiger partial charge in [-0.1, -0.05) is 114 Å². The molecule has 0 unspecified atom stereocenters. The third-order valence-electron chi connectivity index (χ3n) is 18.6. The number of nitrogens with one attached hydrogen (secondary N) is 11. The monoisotopic (exact) mass is 1780 g/mol. The van der Waals surface area contributed by atoms with Crippen LogP contribution < -0.4 is 36.6 Å². The van der Waals surface area contributed by atoms with Crippen molar-refractivity contribution < 1.29 is 9.53 Å². The summed E-state index contributed by atoms with van der Waals surface area (Å²) in [4.78, 5) is 48.2. The highest BCUT2D eigenvalue weighted by Gasteiger charge is 2.26. The first-order valence-electron chi connectivity index (χ1n) is 39.0. The van der Waals surface area contributed by atoms with Gasteiger partial charge < -0.3 is 36.6 Å². The molecule has 25 nitrogen and oxygen atoms in total. The molecular formula is C91H77N23O2S8. The summed E-state index contributed by atoms with van der Waals surface area (Å²) >= 11 is 13.3. The number of aromatic nitrogens is 17. The number of carbonyl (C=O) groups excluding carboxylic acids is 1. The molecule has 1 saturated carbocycles. The molecule has 7 aromatic carbocycles. The molecule has 20 aromatic rings. The number of nitrogens with zero attached hydrogens (tertiary/aromatic N) is 12. The van der Waals surface area contributed by atoms with Gasteiger partial charge in [0, 0.05) is 136 Å². The van der Waals surface area contributed by atoms with Gasteiger partial charge in [-0.15, -0.1) is 45.8 Å². The molecule has 0 bridgehead atoms. The zero-order chi connectivity index (χ0) is 84.3. The number of anilines is 11. The van der Waals surface area contributed by atoms with Crippen LogP contribution in [0.25, 0.3) is 53.0 Å². The van der Waals surface area contributed by atoms with Crippen LogP contribution in [-0.2, 0) is 10.5 Å². The number of amides is 1. The number of thioether (sulfide) groups is 1. The maximum Gasteiger partial charge on any atom is 0.221 e. The molecule has 11 N–H and O–H groups in total. The largest absolute Gasteiger partial charge is 0.497 e. The Hall–Kier alpha value is -13.4. The number of benzene rings is 7. The smallest absolute Gasteiger partial charge is 0.221 e. The van der Waals surface area contributed by atoms with Crippen LogP contribution in [0.2, 0.25) is 0 Å². The molecule has 1 aliphatic rings. The predicted octanol–water partition coefficient (Wildman–Crippen LogP) is 24.8. The van der Waals surface area contributed by atoms with Crippen molar-refractivity contribution in [2.45, 2.75) is 90.0 Å². The molecule has 1 aliphatic carbocycles. The van der Waals surface area contributed by atoms with E-state index in [-0.39, 0.29) is 5.91 Å². The fourth-order valence-corrected chi connectivity index (χ4v) is 19.2. The number of hydrogen-bond donors (Lipinski definition) is 11. The maximum absolute atomic E-state index is 11.0. The van der Waals surface area contributed by atoms with E-state index in [0.717, 1.165) is 175 Å². The van der Waals surface area contributed by atoms with Gasteiger partial charge in [-0.05, 0) is 201 Å². The van der Waals surface area contributed by atoms with Crippen molar-refractivity contribution in [2.24, 2.45) is 0 Å². The van der Waals surface area contributed by atoms with Gasteiger partial charge in [0.25, 0.3) is 0 Å². The van der Waals surface area contributed by atoms with Crippen LogP contribution in [0.4, 0.5) is 63.5 Å². The van der Waals surface area contributed by atoms with Crippen molar-refractivity contribution in [1.29, 1.82) is 0 Å². The molecule has 13 aromatic heterocycles. The molecule has 1 amide bonds. The zero-order valence-electron chi connectivity index (χ0n) is 66.8. The molecular weight excluding hydrogens is 1700 g/mol. The second kappa shape index (κ2) is 40.1. The molecule has 616 valence electrons. The molecule has 124 heavy (non-hydrogen) atoms. The summed E-state index contributed by atoms with van der Waals surface area (Å²) < 4.78 is 7.73. The SMILES string of the molecule is CC(=O)Nc1ccc(Sc2cc(Nc3cc(C)[nH]n3)ccn2)cc1.COc1cccc(Sc2cc3ccccc3c(Nc3n[nH]c4ccccc34)n2)c1.Cc1cc(Nc2cccc(Sc3ccc4ncsc4c3)n2)n[nH]1.c1cc(Nc2cc(C3CC3)[nH]n2)cc(Sc2ccc3ncsc3c2)n1.c1csc(CSc2cc(Nc3n[nH]c4ccccc34)ccn2)c1. The first-order chi connectivity index (χ1) is 60.9. The van der Waals surface area contributed by atoms with E-state index >= 15 is 0 Å². The van der Waals surface area contributed by atoms with Crippen molar-refractivity contribution >= 4 is 215 Å². The van der Waals surface area contributed by atoms with Crippen LogP contribution in [0.15, 0.2) is 328 Å². The van der Waals surface area contributed by atoms with Crippen molar-refractivity contribution in [3.63, 3.8) is 0 Å². The minimum absolute atomic E-state index is 0.0792. The summed E-state index contributed by atoms with van der Waals surface area (Å²) in [5, 5.41) is 66.9. The number of H-pyrrole nitrogens is 5. The standard InChI is InChI=1S/C23H18N4OS.C18H15N5S2.C17H17N5OS.C17H14N4S2.C16H13N5S2/c1-28-16-8-6-9-17(14-16)29-21-13-15-7-2-3-10-18(15)22(24-21)25-23-19-11-4-5-12-20(19)26-27-23;1-2-11(1)15-9-17(23-22-15)21-12-5-6-19-18(7-12)25-13-3-4-14-16(8-13)24-10-20-14;1-11-9-16(22-21-11)20-14-7-8-18-17(10-14)24-15-5-3-13(4-6-15)19-12(2)23;1-2-6-15-14(5-1)17(21-20-15)19-12-7-8-18-16(10-12)23-11-13-4-3-9-22-13;1-10-7-15(21-20-10)18-14-3-2-4-16(19-14)23-11-5-6-12-13(8-11)22-9-17-12/h2-14H,1H3,(H2,24,25,26,27);3-11H,1-2H2,(H2,19,21,22,23);3-10H,1-2H3,(H,19,23)(H2,18,20,21,22);1-10H,11H2,(H2,18,19,20,21);2-9H,1H3,(H2,18,19,20,21). The Morgan fingerprint density at radius 2 is 0.976 bits per heavy atom. The van der Waals surface area contributed by atoms with Gasteiger partial charge >= 0.3 is 0 Å². The number of carbonyl (C=O) groups is 1. The predicted molar refractivity (Wildman–Crippen MR) is 508 cm³/mol. The van der Waals surface area contributed by atoms with E-state index in [1.54, 1.807) is 106 Å². The van der Waals surface area contributed by atoms with E-state index in [1.807, 2.05) is 201 Å². The van der Waals surface area contributed by atoms with Crippen LogP contribution in [0.1, 0.15) is 47.6 Å². The lowest BCUT2D eigenvalue weighted by Gasteiger charge is -2.11. The molecule has 0 atom stereocenters. The highest BCUT2D eigenvalue weighted by atomic mass is 32.2. The molecule has 33 heteroatoms. The number of aromatic amines is 5. The topological polar surface area (TPSA) is 332 Å². The normalized spacial score (nSPS) is 11.5. The van der Waals surface area contributed by atoms with Crippen molar-refractivity contribution in [3.8, 4) is 5.75 Å². The van der Waals surface area contributed by atoms with E-state index in [9.17, 15) is 4.79 Å². The Kier molecular flexibility index (Phi) is 26.8. The second-order valence-electron chi connectivity index (χ2n) is 27.9. The number of pyridine rings is 5. The second-order valence-corrected chi connectivity index (χ2v) is 36.1. The van der Waals surface area contributed by atoms with Gasteiger partial charge in [0.05, 0.1) is 54.6 Å². The first-order valence-corrected chi connectivity index (χ1v) is 45.9. The Morgan fingerprint density at radius 3 is 1.60 bits per heavy atom. The zero-order valence-corrected chi connectivity index (χ0v) is 73.3. The molecule has 0 radical (unpaired) electrons. The van der Waals surface area contributed by atoms with Crippen LogP contribution in [-0.4, -0.2) is 98.9 Å². The number of para-hydroxylation sites is 2. The molecule has 21 rings (SSSR count). The van der Waals surface area contributed by atoms with E-state index < -0.39 is 0 Å². The van der Waals surface area contributed by atoms with E-state index in [1.165, 1.54) is 39.7 Å². The summed E-state index contributed by atoms with van der Waals surface area (Å²) in [6, 6.07) is 82.7. The van der Waals surface area contributed by atoms with Crippen molar-refractivity contribution in [3.05, 3.63) is 306 Å². The Labute approximate surface area is 745 Å². The lowest BCUT2D eigenvalue weighted by Crippen LogP contribution is -2.05. The molecule has 13 heterocycles. The molecule has 0 spiro atoms. The number of thiazole rings is 2. The summed E-state index contributed by atoms with van der Waals surface area (Å²) in [5.41, 5.74) is 14.8. The summed E-state index contributed by atoms with van der Waals surface area (Å²) in [6.07, 6.45) is 7.94. The fraction of sp³-hybridized carbons (Fsp3) is 0.0879. The third-order valence-corrected chi connectivity index (χ3v) is 25.9. The highest BCUT2D eigenvalue weighted by molar-refractivity contribution is 8.00. The number of fused-ring (bicyclic) bond motifs is 5. The quantitative estimate of drug-likeness (QED) is 0.0250. The maximum atomic E-state index is 11.0. The average Bonchev–Trinajstić information content (AvgIpc) is 1.29. The summed E-state index contributed by atoms with van der Waals surface area (Å²) in [7, 11) is 1.67. The minimum atomic E-state index is -0.0792. The Bertz CT molecular complexity index is 6980. The minimum Gasteiger partial charge on any atom is -0.497 e. The number of methoxy groups -OCH3 is 1. The van der Waals surface area contributed by atoms with Crippen LogP contribution in [0.5, 0.6) is 5.75 Å². The lowest BCUT2D eigenvalue weighted by atomic mass is 10.1. The van der Waals surface area contributed by atoms with E-state index in [2.05, 4.69) is 203 Å². The number of rotatable bonds is 24. The van der Waals surface area contributed by atoms with Crippen LogP contribution >= 0.6 is 92.8 Å². The number of hydrogen-bond acceptors (Lipinski definition) is 27.